The second-order valence-electron chi connectivity index (χ2n) is 3.57. The van der Waals surface area contributed by atoms with Gasteiger partial charge >= 0.3 is 29.6 Å². The van der Waals surface area contributed by atoms with E-state index in [-0.39, 0.29) is 56.7 Å². The monoisotopic (exact) mass is 341 g/mol. The number of hydrazine groups is 1. The summed E-state index contributed by atoms with van der Waals surface area (Å²) in [5.41, 5.74) is 2.79. The molecular formula is C11H7Cl3N3NaO2. The first-order valence-corrected chi connectivity index (χ1v) is 6.18. The van der Waals surface area contributed by atoms with E-state index in [0.29, 0.717) is 11.3 Å². The maximum Gasteiger partial charge on any atom is 1.00 e. The van der Waals surface area contributed by atoms with Crippen LogP contribution in [0.25, 0.3) is 0 Å². The summed E-state index contributed by atoms with van der Waals surface area (Å²) >= 11 is 17.8. The number of carbonyl (C=O) groups excluding carboxylic acids is 1. The summed E-state index contributed by atoms with van der Waals surface area (Å²) in [6, 6.07) is 2.89. The van der Waals surface area contributed by atoms with Crippen LogP contribution in [0, 0.1) is 0 Å². The van der Waals surface area contributed by atoms with Crippen LogP contribution in [0.5, 0.6) is 0 Å². The molecule has 1 saturated heterocycles. The third-order valence-corrected chi connectivity index (χ3v) is 3.25. The third kappa shape index (κ3) is 3.08. The SMILES string of the molecule is CN=C1NN(c2c(Cl)cc(Cl)cc2Cl)C(=O)/C1=C\[O-].[Na+]. The van der Waals surface area contributed by atoms with Gasteiger partial charge < -0.3 is 5.11 Å². The Morgan fingerprint density at radius 3 is 2.25 bits per heavy atom. The van der Waals surface area contributed by atoms with Crippen LogP contribution >= 0.6 is 34.8 Å². The van der Waals surface area contributed by atoms with Crippen LogP contribution < -0.4 is 45.1 Å². The standard InChI is InChI=1S/C11H8Cl3N3O2.Na/c1-15-10-6(4-18)11(19)17(16-10)9-7(13)2-5(12)3-8(9)14;/h2-4,18H,1H3,(H,15,16);/q;+1/p-1/b6-4-;. The molecule has 0 aliphatic carbocycles. The molecule has 1 aromatic carbocycles. The predicted molar refractivity (Wildman–Crippen MR) is 73.5 cm³/mol. The number of anilines is 1. The number of hydrogen-bond acceptors (Lipinski definition) is 3. The Morgan fingerprint density at radius 1 is 1.30 bits per heavy atom. The number of amidine groups is 1. The fraction of sp³-hybridized carbons (Fsp3) is 0.0909. The molecule has 1 heterocycles. The molecular weight excluding hydrogens is 335 g/mol. The van der Waals surface area contributed by atoms with Crippen LogP contribution in [-0.2, 0) is 4.79 Å². The first-order valence-electron chi connectivity index (χ1n) is 5.04. The average molecular weight is 343 g/mol. The van der Waals surface area contributed by atoms with Gasteiger partial charge in [0.2, 0.25) is 0 Å². The van der Waals surface area contributed by atoms with Crippen molar-refractivity contribution < 1.29 is 39.5 Å². The largest absolute Gasteiger partial charge is 1.00 e. The fourth-order valence-corrected chi connectivity index (χ4v) is 2.61. The van der Waals surface area contributed by atoms with Gasteiger partial charge in [-0.05, 0) is 12.1 Å². The molecule has 0 atom stereocenters. The molecule has 1 amide bonds. The fourth-order valence-electron chi connectivity index (χ4n) is 1.62. The van der Waals surface area contributed by atoms with Crippen LogP contribution in [0.1, 0.15) is 0 Å². The van der Waals surface area contributed by atoms with Crippen LogP contribution in [0.3, 0.4) is 0 Å². The first-order chi connectivity index (χ1) is 8.99. The summed E-state index contributed by atoms with van der Waals surface area (Å²) in [4.78, 5) is 15.9. The van der Waals surface area contributed by atoms with Gasteiger partial charge in [-0.3, -0.25) is 15.2 Å². The summed E-state index contributed by atoms with van der Waals surface area (Å²) in [5.74, 6) is -0.427. The molecule has 20 heavy (non-hydrogen) atoms. The van der Waals surface area contributed by atoms with E-state index in [1.165, 1.54) is 19.2 Å². The van der Waals surface area contributed by atoms with Crippen molar-refractivity contribution >= 4 is 52.2 Å². The number of carbonyl (C=O) groups is 1. The molecule has 9 heteroatoms. The Balaban J connectivity index is 0.00000200. The van der Waals surface area contributed by atoms with Gasteiger partial charge in [0.05, 0.1) is 15.6 Å². The molecule has 1 N–H and O–H groups in total. The number of amides is 1. The maximum absolute atomic E-state index is 12.1. The molecule has 1 aliphatic heterocycles. The van der Waals surface area contributed by atoms with E-state index in [2.05, 4.69) is 10.4 Å². The normalized spacial score (nSPS) is 18.4. The van der Waals surface area contributed by atoms with Gasteiger partial charge in [-0.2, -0.15) is 0 Å². The summed E-state index contributed by atoms with van der Waals surface area (Å²) in [7, 11) is 1.45. The molecule has 2 rings (SSSR count). The van der Waals surface area contributed by atoms with E-state index >= 15 is 0 Å². The van der Waals surface area contributed by atoms with Crippen molar-refractivity contribution in [2.75, 3.05) is 12.1 Å². The summed E-state index contributed by atoms with van der Waals surface area (Å²) in [6.07, 6.45) is 0.426. The molecule has 1 aliphatic rings. The summed E-state index contributed by atoms with van der Waals surface area (Å²) in [5, 5.41) is 12.7. The molecule has 0 bridgehead atoms. The maximum atomic E-state index is 12.1. The van der Waals surface area contributed by atoms with Gasteiger partial charge in [0.25, 0.3) is 5.91 Å². The average Bonchev–Trinajstić information content (AvgIpc) is 2.65. The van der Waals surface area contributed by atoms with Gasteiger partial charge in [-0.25, -0.2) is 5.01 Å². The number of nitrogens with zero attached hydrogens (tertiary/aromatic N) is 2. The molecule has 100 valence electrons. The molecule has 1 fully saturated rings. The predicted octanol–water partition coefficient (Wildman–Crippen LogP) is -1.23. The Labute approximate surface area is 152 Å². The Bertz CT molecular complexity index is 596. The minimum atomic E-state index is -0.582. The van der Waals surface area contributed by atoms with Crippen molar-refractivity contribution in [3.8, 4) is 0 Å². The zero-order valence-corrected chi connectivity index (χ0v) is 14.8. The van der Waals surface area contributed by atoms with Crippen molar-refractivity contribution in [3.63, 3.8) is 0 Å². The molecule has 0 saturated carbocycles. The van der Waals surface area contributed by atoms with Gasteiger partial charge in [-0.15, -0.1) is 6.26 Å². The molecule has 0 unspecified atom stereocenters. The molecule has 0 aromatic heterocycles. The molecule has 0 radical (unpaired) electrons. The molecule has 1 aromatic rings. The summed E-state index contributed by atoms with van der Waals surface area (Å²) < 4.78 is 0. The van der Waals surface area contributed by atoms with Crippen LogP contribution in [0.4, 0.5) is 5.69 Å². The number of aliphatic imine (C=N–C) groups is 1. The van der Waals surface area contributed by atoms with Gasteiger partial charge in [0, 0.05) is 12.1 Å². The van der Waals surface area contributed by atoms with Crippen molar-refractivity contribution in [1.82, 2.24) is 5.43 Å². The van der Waals surface area contributed by atoms with Crippen LogP contribution in [-0.4, -0.2) is 18.8 Å². The van der Waals surface area contributed by atoms with Crippen LogP contribution in [0.15, 0.2) is 29.0 Å². The first kappa shape index (κ1) is 17.6. The van der Waals surface area contributed by atoms with E-state index < -0.39 is 5.91 Å². The Hall–Kier alpha value is -0.430. The summed E-state index contributed by atoms with van der Waals surface area (Å²) in [6.45, 7) is 0. The number of rotatable bonds is 1. The topological polar surface area (TPSA) is 67.8 Å². The Morgan fingerprint density at radius 2 is 1.85 bits per heavy atom. The minimum Gasteiger partial charge on any atom is -0.877 e. The minimum absolute atomic E-state index is 0. The quantitative estimate of drug-likeness (QED) is 0.395. The number of hydrogen-bond donors (Lipinski definition) is 1. The van der Waals surface area contributed by atoms with Crippen LogP contribution in [0.2, 0.25) is 15.1 Å². The van der Waals surface area contributed by atoms with Crippen molar-refractivity contribution in [2.45, 2.75) is 0 Å². The third-order valence-electron chi connectivity index (χ3n) is 2.45. The number of nitrogens with one attached hydrogen (secondary N) is 1. The zero-order valence-electron chi connectivity index (χ0n) is 10.6. The molecule has 0 spiro atoms. The van der Waals surface area contributed by atoms with Gasteiger partial charge in [0.1, 0.15) is 5.69 Å². The molecule has 5 nitrogen and oxygen atoms in total. The second-order valence-corrected chi connectivity index (χ2v) is 4.82. The van der Waals surface area contributed by atoms with Gasteiger partial charge in [-0.1, -0.05) is 34.8 Å². The smallest absolute Gasteiger partial charge is 0.877 e. The van der Waals surface area contributed by atoms with E-state index in [0.717, 1.165) is 5.01 Å². The zero-order chi connectivity index (χ0) is 14.2. The van der Waals surface area contributed by atoms with E-state index in [9.17, 15) is 9.90 Å². The van der Waals surface area contributed by atoms with Crippen molar-refractivity contribution in [1.29, 1.82) is 0 Å². The van der Waals surface area contributed by atoms with Crippen molar-refractivity contribution in [2.24, 2.45) is 4.99 Å². The van der Waals surface area contributed by atoms with E-state index in [1.54, 1.807) is 0 Å². The van der Waals surface area contributed by atoms with Crippen molar-refractivity contribution in [3.05, 3.63) is 39.0 Å². The second kappa shape index (κ2) is 7.02. The van der Waals surface area contributed by atoms with E-state index in [1.807, 2.05) is 0 Å². The van der Waals surface area contributed by atoms with Gasteiger partial charge in [0.15, 0.2) is 5.84 Å². The number of benzene rings is 1. The Kier molecular flexibility index (Phi) is 6.19. The number of halogens is 3. The van der Waals surface area contributed by atoms with E-state index in [4.69, 9.17) is 34.8 Å².